The Morgan fingerprint density at radius 3 is 2.77 bits per heavy atom. The molecule has 2 amide bonds. The zero-order chi connectivity index (χ0) is 15.4. The van der Waals surface area contributed by atoms with Gasteiger partial charge in [-0.05, 0) is 24.3 Å². The largest absolute Gasteiger partial charge is 0.459 e. The SMILES string of the molecule is O=C(CCc1nc2ccccc2s1)NNC(=O)c1ccco1. The van der Waals surface area contributed by atoms with E-state index in [0.29, 0.717) is 6.42 Å². The molecule has 0 unspecified atom stereocenters. The number of furan rings is 1. The van der Waals surface area contributed by atoms with E-state index in [0.717, 1.165) is 15.2 Å². The summed E-state index contributed by atoms with van der Waals surface area (Å²) in [6, 6.07) is 11.0. The van der Waals surface area contributed by atoms with Crippen molar-refractivity contribution in [2.24, 2.45) is 0 Å². The minimum absolute atomic E-state index is 0.145. The van der Waals surface area contributed by atoms with Crippen LogP contribution in [0, 0.1) is 0 Å². The van der Waals surface area contributed by atoms with Crippen LogP contribution in [0.5, 0.6) is 0 Å². The first-order chi connectivity index (χ1) is 10.7. The normalized spacial score (nSPS) is 10.5. The molecule has 0 aliphatic rings. The van der Waals surface area contributed by atoms with E-state index in [2.05, 4.69) is 15.8 Å². The van der Waals surface area contributed by atoms with Crippen molar-refractivity contribution < 1.29 is 14.0 Å². The number of aromatic nitrogens is 1. The summed E-state index contributed by atoms with van der Waals surface area (Å²) in [6.45, 7) is 0. The number of thiazole rings is 1. The maximum atomic E-state index is 11.7. The van der Waals surface area contributed by atoms with Gasteiger partial charge < -0.3 is 4.42 Å². The van der Waals surface area contributed by atoms with Gasteiger partial charge in [0, 0.05) is 12.8 Å². The number of hydrogen-bond acceptors (Lipinski definition) is 5. The number of carbonyl (C=O) groups is 2. The summed E-state index contributed by atoms with van der Waals surface area (Å²) in [6.07, 6.45) is 2.17. The average molecular weight is 315 g/mol. The molecule has 2 aromatic heterocycles. The predicted octanol–water partition coefficient (Wildman–Crippen LogP) is 2.28. The van der Waals surface area contributed by atoms with Crippen LogP contribution in [0.3, 0.4) is 0 Å². The van der Waals surface area contributed by atoms with Crippen LogP contribution < -0.4 is 10.9 Å². The Morgan fingerprint density at radius 1 is 1.14 bits per heavy atom. The van der Waals surface area contributed by atoms with Gasteiger partial charge in [0.05, 0.1) is 21.5 Å². The summed E-state index contributed by atoms with van der Waals surface area (Å²) >= 11 is 1.57. The Balaban J connectivity index is 1.49. The molecule has 0 bridgehead atoms. The van der Waals surface area contributed by atoms with Crippen molar-refractivity contribution in [1.29, 1.82) is 0 Å². The lowest BCUT2D eigenvalue weighted by Crippen LogP contribution is -2.41. The molecule has 6 nitrogen and oxygen atoms in total. The van der Waals surface area contributed by atoms with Gasteiger partial charge in [-0.15, -0.1) is 11.3 Å². The molecular formula is C15H13N3O3S. The summed E-state index contributed by atoms with van der Waals surface area (Å²) in [5.41, 5.74) is 5.59. The van der Waals surface area contributed by atoms with Gasteiger partial charge in [0.2, 0.25) is 5.91 Å². The first-order valence-corrected chi connectivity index (χ1v) is 7.51. The van der Waals surface area contributed by atoms with Crippen LogP contribution in [-0.4, -0.2) is 16.8 Å². The fourth-order valence-electron chi connectivity index (χ4n) is 1.91. The third-order valence-corrected chi connectivity index (χ3v) is 4.06. The van der Waals surface area contributed by atoms with Gasteiger partial charge in [-0.3, -0.25) is 20.4 Å². The van der Waals surface area contributed by atoms with Gasteiger partial charge in [0.1, 0.15) is 0 Å². The molecule has 22 heavy (non-hydrogen) atoms. The van der Waals surface area contributed by atoms with E-state index in [9.17, 15) is 9.59 Å². The molecule has 3 aromatic rings. The first-order valence-electron chi connectivity index (χ1n) is 6.69. The number of nitrogens with one attached hydrogen (secondary N) is 2. The van der Waals surface area contributed by atoms with E-state index >= 15 is 0 Å². The van der Waals surface area contributed by atoms with Crippen LogP contribution in [0.4, 0.5) is 0 Å². The topological polar surface area (TPSA) is 84.2 Å². The second kappa shape index (κ2) is 6.40. The van der Waals surface area contributed by atoms with Crippen molar-refractivity contribution >= 4 is 33.4 Å². The van der Waals surface area contributed by atoms with E-state index in [4.69, 9.17) is 4.42 Å². The van der Waals surface area contributed by atoms with Crippen molar-refractivity contribution in [2.75, 3.05) is 0 Å². The van der Waals surface area contributed by atoms with E-state index in [1.54, 1.807) is 17.4 Å². The quantitative estimate of drug-likeness (QED) is 0.723. The van der Waals surface area contributed by atoms with E-state index in [1.165, 1.54) is 12.3 Å². The summed E-state index contributed by atoms with van der Waals surface area (Å²) in [7, 11) is 0. The molecule has 7 heteroatoms. The molecular weight excluding hydrogens is 302 g/mol. The highest BCUT2D eigenvalue weighted by Crippen LogP contribution is 2.22. The minimum Gasteiger partial charge on any atom is -0.459 e. The van der Waals surface area contributed by atoms with Gasteiger partial charge in [-0.2, -0.15) is 0 Å². The maximum Gasteiger partial charge on any atom is 0.305 e. The molecule has 0 atom stereocenters. The molecule has 0 saturated carbocycles. The molecule has 1 aromatic carbocycles. The summed E-state index contributed by atoms with van der Waals surface area (Å²) in [5, 5.41) is 0.897. The highest BCUT2D eigenvalue weighted by Gasteiger charge is 2.10. The number of amides is 2. The Bertz CT molecular complexity index is 762. The van der Waals surface area contributed by atoms with E-state index in [1.807, 2.05) is 24.3 Å². The highest BCUT2D eigenvalue weighted by molar-refractivity contribution is 7.18. The Labute approximate surface area is 130 Å². The molecule has 0 radical (unpaired) electrons. The molecule has 2 heterocycles. The number of benzene rings is 1. The molecule has 2 N–H and O–H groups in total. The first kappa shape index (κ1) is 14.3. The Morgan fingerprint density at radius 2 is 2.00 bits per heavy atom. The lowest BCUT2D eigenvalue weighted by Gasteiger charge is -2.04. The molecule has 0 saturated heterocycles. The van der Waals surface area contributed by atoms with Crippen molar-refractivity contribution in [3.63, 3.8) is 0 Å². The standard InChI is InChI=1S/C15H13N3O3S/c19-13(17-18-15(20)11-5-3-9-21-11)7-8-14-16-10-4-1-2-6-12(10)22-14/h1-6,9H,7-8H2,(H,17,19)(H,18,20). The van der Waals surface area contributed by atoms with E-state index < -0.39 is 5.91 Å². The number of para-hydroxylation sites is 1. The fourth-order valence-corrected chi connectivity index (χ4v) is 2.87. The molecule has 0 aliphatic heterocycles. The Kier molecular flexibility index (Phi) is 4.15. The van der Waals surface area contributed by atoms with Crippen LogP contribution in [0.15, 0.2) is 47.1 Å². The number of nitrogens with zero attached hydrogens (tertiary/aromatic N) is 1. The zero-order valence-electron chi connectivity index (χ0n) is 11.5. The monoisotopic (exact) mass is 315 g/mol. The Hall–Kier alpha value is -2.67. The smallest absolute Gasteiger partial charge is 0.305 e. The fraction of sp³-hybridized carbons (Fsp3) is 0.133. The second-order valence-corrected chi connectivity index (χ2v) is 5.67. The van der Waals surface area contributed by atoms with Crippen LogP contribution in [0.2, 0.25) is 0 Å². The number of fused-ring (bicyclic) bond motifs is 1. The summed E-state index contributed by atoms with van der Waals surface area (Å²) < 4.78 is 6.02. The number of hydrazine groups is 1. The molecule has 0 spiro atoms. The third kappa shape index (κ3) is 3.32. The van der Waals surface area contributed by atoms with Gasteiger partial charge in [-0.1, -0.05) is 12.1 Å². The van der Waals surface area contributed by atoms with E-state index in [-0.39, 0.29) is 18.1 Å². The lowest BCUT2D eigenvalue weighted by atomic mass is 10.3. The van der Waals surface area contributed by atoms with Crippen molar-refractivity contribution in [1.82, 2.24) is 15.8 Å². The zero-order valence-corrected chi connectivity index (χ0v) is 12.4. The summed E-state index contributed by atoms with van der Waals surface area (Å²) in [4.78, 5) is 27.8. The molecule has 3 rings (SSSR count). The molecule has 112 valence electrons. The average Bonchev–Trinajstić information content (AvgIpc) is 3.19. The van der Waals surface area contributed by atoms with Crippen molar-refractivity contribution in [2.45, 2.75) is 12.8 Å². The van der Waals surface area contributed by atoms with Gasteiger partial charge in [0.15, 0.2) is 5.76 Å². The summed E-state index contributed by atoms with van der Waals surface area (Å²) in [5.74, 6) is -0.621. The maximum absolute atomic E-state index is 11.7. The molecule has 0 fully saturated rings. The van der Waals surface area contributed by atoms with Crippen LogP contribution in [0.1, 0.15) is 22.0 Å². The van der Waals surface area contributed by atoms with Crippen LogP contribution >= 0.6 is 11.3 Å². The number of rotatable bonds is 4. The number of carbonyl (C=O) groups excluding carboxylic acids is 2. The van der Waals surface area contributed by atoms with Crippen LogP contribution in [0.25, 0.3) is 10.2 Å². The van der Waals surface area contributed by atoms with Gasteiger partial charge in [-0.25, -0.2) is 4.98 Å². The minimum atomic E-state index is -0.488. The number of hydrogen-bond donors (Lipinski definition) is 2. The van der Waals surface area contributed by atoms with Gasteiger partial charge >= 0.3 is 5.91 Å². The van der Waals surface area contributed by atoms with Crippen LogP contribution in [-0.2, 0) is 11.2 Å². The third-order valence-electron chi connectivity index (χ3n) is 2.96. The van der Waals surface area contributed by atoms with Crippen molar-refractivity contribution in [3.8, 4) is 0 Å². The second-order valence-electron chi connectivity index (χ2n) is 4.55. The highest BCUT2D eigenvalue weighted by atomic mass is 32.1. The molecule has 0 aliphatic carbocycles. The number of aryl methyl sites for hydroxylation is 1. The van der Waals surface area contributed by atoms with Crippen molar-refractivity contribution in [3.05, 3.63) is 53.4 Å². The predicted molar refractivity (Wildman–Crippen MR) is 82.3 cm³/mol. The van der Waals surface area contributed by atoms with Gasteiger partial charge in [0.25, 0.3) is 0 Å². The lowest BCUT2D eigenvalue weighted by molar-refractivity contribution is -0.121.